The van der Waals surface area contributed by atoms with Crippen molar-refractivity contribution in [3.05, 3.63) is 29.3 Å². The monoisotopic (exact) mass is 256 g/mol. The van der Waals surface area contributed by atoms with Crippen molar-refractivity contribution in [2.24, 2.45) is 0 Å². The second kappa shape index (κ2) is 5.40. The summed E-state index contributed by atoms with van der Waals surface area (Å²) in [6.07, 6.45) is 0. The molecule has 0 aliphatic heterocycles. The maximum atomic E-state index is 5.68. The molecule has 0 fully saturated rings. The molecule has 14 heavy (non-hydrogen) atoms. The summed E-state index contributed by atoms with van der Waals surface area (Å²) in [5, 5.41) is 0.873. The summed E-state index contributed by atoms with van der Waals surface area (Å²) < 4.78 is 5.68. The van der Waals surface area contributed by atoms with E-state index in [2.05, 4.69) is 54.9 Å². The Morgan fingerprint density at radius 1 is 1.36 bits per heavy atom. The molecule has 1 aromatic rings. The van der Waals surface area contributed by atoms with Crippen LogP contribution >= 0.6 is 15.9 Å². The smallest absolute Gasteiger partial charge is 0.123 e. The standard InChI is InChI=1S/C12H17BrO/c1-9(2)11-5-4-10(3)8-12(11)14-7-6-13/h4-5,8-9H,6-7H2,1-3H3. The van der Waals surface area contributed by atoms with E-state index in [4.69, 9.17) is 4.74 Å². The molecule has 0 aliphatic carbocycles. The van der Waals surface area contributed by atoms with Crippen molar-refractivity contribution in [2.75, 3.05) is 11.9 Å². The lowest BCUT2D eigenvalue weighted by Crippen LogP contribution is -2.02. The Balaban J connectivity index is 2.91. The second-order valence-corrected chi connectivity index (χ2v) is 4.53. The van der Waals surface area contributed by atoms with Gasteiger partial charge in [-0.3, -0.25) is 0 Å². The molecule has 78 valence electrons. The first kappa shape index (κ1) is 11.6. The van der Waals surface area contributed by atoms with Crippen LogP contribution in [0.3, 0.4) is 0 Å². The maximum absolute atomic E-state index is 5.68. The molecule has 0 amide bonds. The van der Waals surface area contributed by atoms with Crippen molar-refractivity contribution in [3.63, 3.8) is 0 Å². The molecule has 0 saturated heterocycles. The highest BCUT2D eigenvalue weighted by Gasteiger charge is 2.07. The van der Waals surface area contributed by atoms with E-state index in [0.717, 1.165) is 17.7 Å². The maximum Gasteiger partial charge on any atom is 0.123 e. The Morgan fingerprint density at radius 2 is 2.07 bits per heavy atom. The summed E-state index contributed by atoms with van der Waals surface area (Å²) in [6.45, 7) is 7.19. The number of benzene rings is 1. The molecule has 0 bridgehead atoms. The van der Waals surface area contributed by atoms with Crippen LogP contribution < -0.4 is 4.74 Å². The van der Waals surface area contributed by atoms with Gasteiger partial charge in [-0.2, -0.15) is 0 Å². The first-order valence-electron chi connectivity index (χ1n) is 4.94. The predicted octanol–water partition coefficient (Wildman–Crippen LogP) is 3.89. The zero-order valence-corrected chi connectivity index (χ0v) is 10.6. The lowest BCUT2D eigenvalue weighted by atomic mass is 10.0. The molecule has 0 radical (unpaired) electrons. The van der Waals surface area contributed by atoms with Gasteiger partial charge in [0.25, 0.3) is 0 Å². The summed E-state index contributed by atoms with van der Waals surface area (Å²) in [5.41, 5.74) is 2.54. The fourth-order valence-electron chi connectivity index (χ4n) is 1.39. The minimum atomic E-state index is 0.515. The Bertz CT molecular complexity index is 294. The normalized spacial score (nSPS) is 10.6. The van der Waals surface area contributed by atoms with Gasteiger partial charge in [0.2, 0.25) is 0 Å². The third kappa shape index (κ3) is 3.02. The van der Waals surface area contributed by atoms with Crippen molar-refractivity contribution in [1.82, 2.24) is 0 Å². The molecule has 1 nitrogen and oxygen atoms in total. The highest BCUT2D eigenvalue weighted by molar-refractivity contribution is 9.09. The number of alkyl halides is 1. The summed E-state index contributed by atoms with van der Waals surface area (Å²) in [6, 6.07) is 6.40. The number of aryl methyl sites for hydroxylation is 1. The molecule has 2 heteroatoms. The van der Waals surface area contributed by atoms with Gasteiger partial charge in [0.05, 0.1) is 6.61 Å². The van der Waals surface area contributed by atoms with Crippen LogP contribution in [-0.4, -0.2) is 11.9 Å². The number of ether oxygens (including phenoxy) is 1. The molecule has 1 aromatic carbocycles. The van der Waals surface area contributed by atoms with E-state index >= 15 is 0 Å². The average Bonchev–Trinajstić information content (AvgIpc) is 2.14. The third-order valence-electron chi connectivity index (χ3n) is 2.13. The van der Waals surface area contributed by atoms with Gasteiger partial charge >= 0.3 is 0 Å². The van der Waals surface area contributed by atoms with E-state index in [-0.39, 0.29) is 0 Å². The largest absolute Gasteiger partial charge is 0.492 e. The van der Waals surface area contributed by atoms with Crippen LogP contribution in [0.2, 0.25) is 0 Å². The number of hydrogen-bond acceptors (Lipinski definition) is 1. The van der Waals surface area contributed by atoms with Crippen molar-refractivity contribution in [1.29, 1.82) is 0 Å². The van der Waals surface area contributed by atoms with Crippen LogP contribution in [0.5, 0.6) is 5.75 Å². The van der Waals surface area contributed by atoms with E-state index in [1.165, 1.54) is 11.1 Å². The fourth-order valence-corrected chi connectivity index (χ4v) is 1.55. The fraction of sp³-hybridized carbons (Fsp3) is 0.500. The van der Waals surface area contributed by atoms with Gasteiger partial charge in [-0.25, -0.2) is 0 Å². The van der Waals surface area contributed by atoms with Crippen LogP contribution in [0, 0.1) is 6.92 Å². The highest BCUT2D eigenvalue weighted by Crippen LogP contribution is 2.27. The van der Waals surface area contributed by atoms with E-state index in [1.807, 2.05) is 0 Å². The lowest BCUT2D eigenvalue weighted by Gasteiger charge is -2.14. The van der Waals surface area contributed by atoms with Gasteiger partial charge in [0.15, 0.2) is 0 Å². The molecule has 0 atom stereocenters. The van der Waals surface area contributed by atoms with E-state index in [9.17, 15) is 0 Å². The second-order valence-electron chi connectivity index (χ2n) is 3.73. The van der Waals surface area contributed by atoms with Crippen molar-refractivity contribution in [3.8, 4) is 5.75 Å². The number of halogens is 1. The molecule has 0 aliphatic rings. The van der Waals surface area contributed by atoms with Gasteiger partial charge in [-0.15, -0.1) is 0 Å². The molecule has 0 unspecified atom stereocenters. The van der Waals surface area contributed by atoms with E-state index < -0.39 is 0 Å². The zero-order chi connectivity index (χ0) is 10.6. The first-order valence-corrected chi connectivity index (χ1v) is 6.06. The SMILES string of the molecule is Cc1ccc(C(C)C)c(OCCBr)c1. The quantitative estimate of drug-likeness (QED) is 0.743. The van der Waals surface area contributed by atoms with Crippen molar-refractivity contribution in [2.45, 2.75) is 26.7 Å². The van der Waals surface area contributed by atoms with Gasteiger partial charge < -0.3 is 4.74 Å². The predicted molar refractivity (Wildman–Crippen MR) is 64.6 cm³/mol. The Morgan fingerprint density at radius 3 is 2.64 bits per heavy atom. The van der Waals surface area contributed by atoms with Gasteiger partial charge in [0, 0.05) is 5.33 Å². The summed E-state index contributed by atoms with van der Waals surface area (Å²) >= 11 is 3.36. The molecule has 0 spiro atoms. The molecule has 0 saturated carbocycles. The average molecular weight is 257 g/mol. The molecular weight excluding hydrogens is 240 g/mol. The lowest BCUT2D eigenvalue weighted by molar-refractivity contribution is 0.339. The first-order chi connectivity index (χ1) is 6.65. The highest BCUT2D eigenvalue weighted by atomic mass is 79.9. The molecule has 0 N–H and O–H groups in total. The van der Waals surface area contributed by atoms with Crippen LogP contribution in [0.1, 0.15) is 30.9 Å². The van der Waals surface area contributed by atoms with Crippen LogP contribution in [0.4, 0.5) is 0 Å². The Hall–Kier alpha value is -0.500. The van der Waals surface area contributed by atoms with Gasteiger partial charge in [-0.05, 0) is 30.0 Å². The van der Waals surface area contributed by atoms with Crippen LogP contribution in [0.25, 0.3) is 0 Å². The van der Waals surface area contributed by atoms with Crippen LogP contribution in [-0.2, 0) is 0 Å². The molecular formula is C12H17BrO. The minimum absolute atomic E-state index is 0.515. The molecule has 0 aromatic heterocycles. The molecule has 0 heterocycles. The van der Waals surface area contributed by atoms with E-state index in [1.54, 1.807) is 0 Å². The Labute approximate surface area is 94.6 Å². The van der Waals surface area contributed by atoms with Crippen LogP contribution in [0.15, 0.2) is 18.2 Å². The van der Waals surface area contributed by atoms with Crippen molar-refractivity contribution >= 4 is 15.9 Å². The molecule has 1 rings (SSSR count). The van der Waals surface area contributed by atoms with Gasteiger partial charge in [-0.1, -0.05) is 41.9 Å². The summed E-state index contributed by atoms with van der Waals surface area (Å²) in [4.78, 5) is 0. The van der Waals surface area contributed by atoms with E-state index in [0.29, 0.717) is 5.92 Å². The number of hydrogen-bond donors (Lipinski definition) is 0. The Kier molecular flexibility index (Phi) is 4.46. The minimum Gasteiger partial charge on any atom is -0.492 e. The summed E-state index contributed by atoms with van der Waals surface area (Å²) in [7, 11) is 0. The number of rotatable bonds is 4. The zero-order valence-electron chi connectivity index (χ0n) is 9.01. The third-order valence-corrected chi connectivity index (χ3v) is 2.45. The topological polar surface area (TPSA) is 9.23 Å². The van der Waals surface area contributed by atoms with Gasteiger partial charge in [0.1, 0.15) is 5.75 Å². The van der Waals surface area contributed by atoms with Crippen molar-refractivity contribution < 1.29 is 4.74 Å². The summed E-state index contributed by atoms with van der Waals surface area (Å²) in [5.74, 6) is 1.54.